The highest BCUT2D eigenvalue weighted by Crippen LogP contribution is 2.41. The van der Waals surface area contributed by atoms with E-state index in [-0.39, 0.29) is 5.91 Å². The number of rotatable bonds is 8. The molecule has 3 aromatic rings. The fraction of sp³-hybridized carbons (Fsp3) is 0.241. The van der Waals surface area contributed by atoms with Crippen LogP contribution in [0.5, 0.6) is 17.2 Å². The molecule has 0 aromatic heterocycles. The molecule has 4 rings (SSSR count). The average Bonchev–Trinajstić information content (AvgIpc) is 3.23. The molecule has 7 heteroatoms. The molecule has 0 spiro atoms. The Morgan fingerprint density at radius 3 is 1.89 bits per heavy atom. The molecule has 0 aliphatic carbocycles. The maximum atomic E-state index is 13.7. The first-order chi connectivity index (χ1) is 17.5. The van der Waals surface area contributed by atoms with Gasteiger partial charge in [0.1, 0.15) is 17.2 Å². The highest BCUT2D eigenvalue weighted by Gasteiger charge is 2.35. The Kier molecular flexibility index (Phi) is 8.00. The number of hydrogen-bond donors (Lipinski definition) is 0. The molecule has 6 nitrogen and oxygen atoms in total. The van der Waals surface area contributed by atoms with Crippen LogP contribution in [0.15, 0.2) is 70.6 Å². The van der Waals surface area contributed by atoms with Crippen molar-refractivity contribution in [2.45, 2.75) is 26.7 Å². The fourth-order valence-electron chi connectivity index (χ4n) is 3.88. The largest absolute Gasteiger partial charge is 0.496 e. The van der Waals surface area contributed by atoms with E-state index in [0.29, 0.717) is 32.9 Å². The van der Waals surface area contributed by atoms with Gasteiger partial charge < -0.3 is 14.2 Å². The minimum absolute atomic E-state index is 0.159. The highest BCUT2D eigenvalue weighted by atomic mass is 32.2. The van der Waals surface area contributed by atoms with Crippen molar-refractivity contribution in [3.05, 3.63) is 82.3 Å². The molecule has 1 aliphatic rings. The molecule has 0 radical (unpaired) electrons. The van der Waals surface area contributed by atoms with Crippen LogP contribution in [0.25, 0.3) is 6.08 Å². The summed E-state index contributed by atoms with van der Waals surface area (Å²) >= 11 is 1.32. The smallest absolute Gasteiger partial charge is 0.271 e. The number of aliphatic imine (C=N–C) groups is 1. The number of benzene rings is 3. The van der Waals surface area contributed by atoms with Crippen LogP contribution in [0, 0.1) is 0 Å². The number of methoxy groups -OCH3 is 3. The van der Waals surface area contributed by atoms with E-state index in [4.69, 9.17) is 19.2 Å². The lowest BCUT2D eigenvalue weighted by atomic mass is 10.1. The number of hydrogen-bond acceptors (Lipinski definition) is 6. The van der Waals surface area contributed by atoms with Crippen molar-refractivity contribution >= 4 is 40.3 Å². The van der Waals surface area contributed by atoms with Gasteiger partial charge in [-0.05, 0) is 66.1 Å². The highest BCUT2D eigenvalue weighted by molar-refractivity contribution is 8.19. The van der Waals surface area contributed by atoms with Crippen LogP contribution in [0.4, 0.5) is 11.4 Å². The molecule has 0 atom stereocenters. The fourth-order valence-corrected chi connectivity index (χ4v) is 4.86. The Bertz CT molecular complexity index is 1270. The summed E-state index contributed by atoms with van der Waals surface area (Å²) in [4.78, 5) is 20.8. The zero-order valence-electron chi connectivity index (χ0n) is 21.2. The molecular formula is C29H30N2O4S. The van der Waals surface area contributed by atoms with Crippen LogP contribution in [0.1, 0.15) is 30.5 Å². The van der Waals surface area contributed by atoms with E-state index >= 15 is 0 Å². The van der Waals surface area contributed by atoms with Gasteiger partial charge >= 0.3 is 0 Å². The summed E-state index contributed by atoms with van der Waals surface area (Å²) in [5.74, 6) is 1.54. The number of carbonyl (C=O) groups excluding carboxylic acids is 1. The molecular weight excluding hydrogens is 472 g/mol. The Hall–Kier alpha value is -3.71. The Balaban J connectivity index is 1.81. The number of amides is 1. The second-order valence-corrected chi connectivity index (χ2v) is 9.14. The van der Waals surface area contributed by atoms with Gasteiger partial charge in [-0.1, -0.05) is 38.1 Å². The summed E-state index contributed by atoms with van der Waals surface area (Å²) in [6.45, 7) is 4.22. The van der Waals surface area contributed by atoms with E-state index in [1.165, 1.54) is 22.9 Å². The molecule has 1 fully saturated rings. The average molecular weight is 503 g/mol. The van der Waals surface area contributed by atoms with Crippen molar-refractivity contribution in [2.75, 3.05) is 26.2 Å². The summed E-state index contributed by atoms with van der Waals surface area (Å²) in [6.07, 6.45) is 3.68. The first-order valence-corrected chi connectivity index (χ1v) is 12.6. The van der Waals surface area contributed by atoms with Crippen molar-refractivity contribution in [1.29, 1.82) is 0 Å². The molecule has 0 saturated carbocycles. The van der Waals surface area contributed by atoms with Gasteiger partial charge in [-0.3, -0.25) is 9.69 Å². The number of nitrogens with zero attached hydrogens (tertiary/aromatic N) is 2. The van der Waals surface area contributed by atoms with Gasteiger partial charge in [0.25, 0.3) is 5.91 Å². The summed E-state index contributed by atoms with van der Waals surface area (Å²) in [5.41, 5.74) is 4.66. The maximum absolute atomic E-state index is 13.7. The minimum atomic E-state index is -0.159. The lowest BCUT2D eigenvalue weighted by Crippen LogP contribution is -2.28. The quantitative estimate of drug-likeness (QED) is 0.323. The number of anilines is 1. The first-order valence-electron chi connectivity index (χ1n) is 11.8. The van der Waals surface area contributed by atoms with Gasteiger partial charge in [-0.15, -0.1) is 0 Å². The third kappa shape index (κ3) is 5.26. The van der Waals surface area contributed by atoms with Crippen LogP contribution in [-0.2, 0) is 17.6 Å². The number of carbonyl (C=O) groups is 1. The summed E-state index contributed by atoms with van der Waals surface area (Å²) < 4.78 is 16.5. The summed E-state index contributed by atoms with van der Waals surface area (Å²) in [6, 6.07) is 19.6. The van der Waals surface area contributed by atoms with Gasteiger partial charge in [0.2, 0.25) is 0 Å². The standard InChI is InChI=1S/C29H30N2O4S/c1-6-19-8-12-21(13-9-19)30-29-31(22-14-10-20(7-2)11-15-22)28(32)27(36-29)18-24-25(34-4)16-23(33-3)17-26(24)35-5/h8-18H,6-7H2,1-5H3. The molecule has 0 bridgehead atoms. The van der Waals surface area contributed by atoms with Crippen LogP contribution in [-0.4, -0.2) is 32.4 Å². The number of amidine groups is 1. The molecule has 3 aromatic carbocycles. The van der Waals surface area contributed by atoms with E-state index in [1.54, 1.807) is 44.4 Å². The predicted molar refractivity (Wildman–Crippen MR) is 148 cm³/mol. The summed E-state index contributed by atoms with van der Waals surface area (Å²) in [7, 11) is 4.74. The van der Waals surface area contributed by atoms with Gasteiger partial charge in [0, 0.05) is 12.1 Å². The Labute approximate surface area is 216 Å². The predicted octanol–water partition coefficient (Wildman–Crippen LogP) is 6.65. The molecule has 0 unspecified atom stereocenters. The molecule has 1 saturated heterocycles. The van der Waals surface area contributed by atoms with Crippen LogP contribution in [0.2, 0.25) is 0 Å². The number of aryl methyl sites for hydroxylation is 2. The third-order valence-electron chi connectivity index (χ3n) is 6.01. The first kappa shape index (κ1) is 25.4. The van der Waals surface area contributed by atoms with Gasteiger partial charge in [-0.2, -0.15) is 0 Å². The van der Waals surface area contributed by atoms with Crippen molar-refractivity contribution < 1.29 is 19.0 Å². The van der Waals surface area contributed by atoms with E-state index in [2.05, 4.69) is 26.0 Å². The molecule has 0 N–H and O–H groups in total. The second kappa shape index (κ2) is 11.4. The minimum Gasteiger partial charge on any atom is -0.496 e. The van der Waals surface area contributed by atoms with Gasteiger partial charge in [-0.25, -0.2) is 4.99 Å². The molecule has 36 heavy (non-hydrogen) atoms. The van der Waals surface area contributed by atoms with Gasteiger partial charge in [0.05, 0.1) is 43.2 Å². The zero-order valence-corrected chi connectivity index (χ0v) is 22.0. The maximum Gasteiger partial charge on any atom is 0.271 e. The Morgan fingerprint density at radius 1 is 0.833 bits per heavy atom. The van der Waals surface area contributed by atoms with E-state index < -0.39 is 0 Å². The molecule has 1 heterocycles. The van der Waals surface area contributed by atoms with Crippen molar-refractivity contribution in [3.63, 3.8) is 0 Å². The lowest BCUT2D eigenvalue weighted by Gasteiger charge is -2.16. The molecule has 186 valence electrons. The second-order valence-electron chi connectivity index (χ2n) is 8.13. The third-order valence-corrected chi connectivity index (χ3v) is 6.98. The Morgan fingerprint density at radius 2 is 1.39 bits per heavy atom. The van der Waals surface area contributed by atoms with E-state index in [0.717, 1.165) is 24.2 Å². The molecule has 1 aliphatic heterocycles. The summed E-state index contributed by atoms with van der Waals surface area (Å²) in [5, 5.41) is 0.589. The molecule has 1 amide bonds. The monoisotopic (exact) mass is 502 g/mol. The van der Waals surface area contributed by atoms with E-state index in [9.17, 15) is 4.79 Å². The van der Waals surface area contributed by atoms with Gasteiger partial charge in [0.15, 0.2) is 5.17 Å². The zero-order chi connectivity index (χ0) is 25.7. The lowest BCUT2D eigenvalue weighted by molar-refractivity contribution is -0.113. The van der Waals surface area contributed by atoms with Crippen LogP contribution in [0.3, 0.4) is 0 Å². The topological polar surface area (TPSA) is 60.4 Å². The van der Waals surface area contributed by atoms with Crippen molar-refractivity contribution in [3.8, 4) is 17.2 Å². The SMILES string of the molecule is CCc1ccc(N=C2SC(=Cc3c(OC)cc(OC)cc3OC)C(=O)N2c2ccc(CC)cc2)cc1. The normalized spacial score (nSPS) is 15.6. The van der Waals surface area contributed by atoms with Crippen molar-refractivity contribution in [2.24, 2.45) is 4.99 Å². The van der Waals surface area contributed by atoms with Crippen molar-refractivity contribution in [1.82, 2.24) is 0 Å². The number of thioether (sulfide) groups is 1. The van der Waals surface area contributed by atoms with Crippen LogP contribution < -0.4 is 19.1 Å². The van der Waals surface area contributed by atoms with Crippen LogP contribution >= 0.6 is 11.8 Å². The number of ether oxygens (including phenoxy) is 3. The van der Waals surface area contributed by atoms with E-state index in [1.807, 2.05) is 36.4 Å².